The molecule has 3 aromatic rings. The Morgan fingerprint density at radius 1 is 1.11 bits per heavy atom. The minimum absolute atomic E-state index is 0.0425. The molecule has 0 saturated carbocycles. The fraction of sp³-hybridized carbons (Fsp3) is 0.286. The smallest absolute Gasteiger partial charge is 0.292 e. The van der Waals surface area contributed by atoms with Crippen molar-refractivity contribution in [3.05, 3.63) is 98.6 Å². The van der Waals surface area contributed by atoms with Gasteiger partial charge in [-0.05, 0) is 53.5 Å². The van der Waals surface area contributed by atoms with E-state index < -0.39 is 16.6 Å². The van der Waals surface area contributed by atoms with E-state index in [0.717, 1.165) is 19.5 Å². The Balaban J connectivity index is 1.38. The van der Waals surface area contributed by atoms with Gasteiger partial charge < -0.3 is 14.8 Å². The predicted octanol–water partition coefficient (Wildman–Crippen LogP) is 5.24. The highest BCUT2D eigenvalue weighted by Gasteiger charge is 2.35. The van der Waals surface area contributed by atoms with Gasteiger partial charge in [-0.2, -0.15) is 0 Å². The normalized spacial score (nSPS) is 21.9. The summed E-state index contributed by atoms with van der Waals surface area (Å²) in [5.41, 5.74) is 3.11. The number of nitrogens with one attached hydrogen (secondary N) is 1. The summed E-state index contributed by atoms with van der Waals surface area (Å²) in [6.45, 7) is 3.02. The molecule has 0 radical (unpaired) electrons. The summed E-state index contributed by atoms with van der Waals surface area (Å²) >= 11 is 0. The van der Waals surface area contributed by atoms with Crippen LogP contribution in [0.25, 0.3) is 11.6 Å². The number of fused-ring (bicyclic) bond motifs is 3. The van der Waals surface area contributed by atoms with Crippen molar-refractivity contribution in [1.29, 1.82) is 0 Å². The maximum atomic E-state index is 14.7. The average Bonchev–Trinajstić information content (AvgIpc) is 3.23. The molecule has 7 nitrogen and oxygen atoms in total. The number of ether oxygens (including phenoxy) is 2. The molecule has 2 fully saturated rings. The zero-order chi connectivity index (χ0) is 25.5. The fourth-order valence-corrected chi connectivity index (χ4v) is 5.48. The van der Waals surface area contributed by atoms with Crippen LogP contribution in [-0.2, 0) is 11.3 Å². The van der Waals surface area contributed by atoms with Crippen molar-refractivity contribution < 1.29 is 23.2 Å². The number of rotatable bonds is 4. The van der Waals surface area contributed by atoms with Crippen molar-refractivity contribution in [2.75, 3.05) is 31.6 Å². The first-order chi connectivity index (χ1) is 18.0. The van der Waals surface area contributed by atoms with Crippen LogP contribution in [-0.4, -0.2) is 48.2 Å². The second-order valence-electron chi connectivity index (χ2n) is 9.59. The molecule has 3 aliphatic heterocycles. The summed E-state index contributed by atoms with van der Waals surface area (Å²) in [5.74, 6) is -0.609. The third kappa shape index (κ3) is 4.56. The van der Waals surface area contributed by atoms with E-state index >= 15 is 0 Å². The third-order valence-corrected chi connectivity index (χ3v) is 7.26. The van der Waals surface area contributed by atoms with Crippen LogP contribution >= 0.6 is 0 Å². The van der Waals surface area contributed by atoms with Crippen LogP contribution in [0.5, 0.6) is 5.75 Å². The van der Waals surface area contributed by atoms with Gasteiger partial charge in [0.1, 0.15) is 29.7 Å². The Bertz CT molecular complexity index is 1400. The number of benzene rings is 3. The van der Waals surface area contributed by atoms with E-state index in [1.165, 1.54) is 24.3 Å². The van der Waals surface area contributed by atoms with E-state index in [9.17, 15) is 18.9 Å². The number of nitro benzene ring substituents is 1. The van der Waals surface area contributed by atoms with Crippen molar-refractivity contribution in [2.24, 2.45) is 0 Å². The molecular weight excluding hydrogens is 480 g/mol. The van der Waals surface area contributed by atoms with E-state index in [0.29, 0.717) is 52.8 Å². The average molecular weight is 506 g/mol. The van der Waals surface area contributed by atoms with Crippen LogP contribution < -0.4 is 10.1 Å². The van der Waals surface area contributed by atoms with Gasteiger partial charge in [0.05, 0.1) is 18.1 Å². The summed E-state index contributed by atoms with van der Waals surface area (Å²) in [7, 11) is 0. The molecular formula is C28H25F2N3O4. The topological polar surface area (TPSA) is 76.9 Å². The van der Waals surface area contributed by atoms with E-state index in [2.05, 4.69) is 10.2 Å². The SMILES string of the molecule is O=[N+]([O-])c1cc(C=C2c3ccc(F)cc3OCc3c(F)cccc32)ccc1N[C@H]1C[C@H]2COCCN2C1. The second-order valence-corrected chi connectivity index (χ2v) is 9.59. The molecule has 2 atom stereocenters. The molecule has 3 aromatic carbocycles. The Morgan fingerprint density at radius 3 is 2.84 bits per heavy atom. The molecule has 1 N–H and O–H groups in total. The molecule has 0 unspecified atom stereocenters. The summed E-state index contributed by atoms with van der Waals surface area (Å²) in [6.07, 6.45) is 2.62. The van der Waals surface area contributed by atoms with Gasteiger partial charge in [-0.25, -0.2) is 8.78 Å². The Labute approximate surface area is 212 Å². The van der Waals surface area contributed by atoms with Crippen LogP contribution in [0.1, 0.15) is 28.7 Å². The fourth-order valence-electron chi connectivity index (χ4n) is 5.48. The first-order valence-corrected chi connectivity index (χ1v) is 12.3. The first-order valence-electron chi connectivity index (χ1n) is 12.3. The van der Waals surface area contributed by atoms with Gasteiger partial charge in [0, 0.05) is 48.4 Å². The second kappa shape index (κ2) is 9.57. The molecule has 0 aromatic heterocycles. The van der Waals surface area contributed by atoms with E-state index in [1.807, 2.05) is 0 Å². The van der Waals surface area contributed by atoms with Crippen molar-refractivity contribution in [3.63, 3.8) is 0 Å². The molecule has 0 aliphatic carbocycles. The van der Waals surface area contributed by atoms with Gasteiger partial charge in [-0.3, -0.25) is 15.0 Å². The maximum absolute atomic E-state index is 14.7. The Hall–Kier alpha value is -3.82. The van der Waals surface area contributed by atoms with Gasteiger partial charge in [-0.1, -0.05) is 18.2 Å². The largest absolute Gasteiger partial charge is 0.488 e. The summed E-state index contributed by atoms with van der Waals surface area (Å²) < 4.78 is 40.0. The number of halogens is 2. The molecule has 190 valence electrons. The number of nitrogens with zero attached hydrogens (tertiary/aromatic N) is 2. The molecule has 3 aliphatic rings. The molecule has 9 heteroatoms. The van der Waals surface area contributed by atoms with Gasteiger partial charge in [0.2, 0.25) is 0 Å². The lowest BCUT2D eigenvalue weighted by atomic mass is 9.92. The van der Waals surface area contributed by atoms with Gasteiger partial charge in [0.15, 0.2) is 0 Å². The number of hydrogen-bond acceptors (Lipinski definition) is 6. The highest BCUT2D eigenvalue weighted by Crippen LogP contribution is 2.40. The molecule has 6 rings (SSSR count). The minimum Gasteiger partial charge on any atom is -0.488 e. The summed E-state index contributed by atoms with van der Waals surface area (Å²) in [5, 5.41) is 15.4. The van der Waals surface area contributed by atoms with Crippen molar-refractivity contribution >= 4 is 23.0 Å². The first kappa shape index (κ1) is 23.6. The quantitative estimate of drug-likeness (QED) is 0.386. The Morgan fingerprint density at radius 2 is 2.00 bits per heavy atom. The van der Waals surface area contributed by atoms with Crippen LogP contribution in [0.3, 0.4) is 0 Å². The maximum Gasteiger partial charge on any atom is 0.292 e. The number of morpholine rings is 1. The standard InChI is InChI=1S/C28H25F2N3O4/c29-18-5-6-22-23(21-2-1-3-25(30)24(21)16-37-28(22)12-18)10-17-4-7-26(27(11-17)33(34)35)31-19-13-20-15-36-9-8-32(20)14-19/h1-7,10-12,19-20,31H,8-9,13-16H2/t19-,20-/m0/s1. The lowest BCUT2D eigenvalue weighted by Gasteiger charge is -2.28. The van der Waals surface area contributed by atoms with Crippen LogP contribution in [0.2, 0.25) is 0 Å². The zero-order valence-electron chi connectivity index (χ0n) is 20.0. The number of anilines is 1. The predicted molar refractivity (Wildman–Crippen MR) is 135 cm³/mol. The molecule has 0 bridgehead atoms. The molecule has 0 amide bonds. The number of hydrogen-bond donors (Lipinski definition) is 1. The lowest BCUT2D eigenvalue weighted by Crippen LogP contribution is -2.40. The molecule has 37 heavy (non-hydrogen) atoms. The number of nitro groups is 1. The van der Waals surface area contributed by atoms with Gasteiger partial charge in [-0.15, -0.1) is 0 Å². The van der Waals surface area contributed by atoms with E-state index in [1.54, 1.807) is 36.4 Å². The van der Waals surface area contributed by atoms with Crippen molar-refractivity contribution in [2.45, 2.75) is 25.1 Å². The van der Waals surface area contributed by atoms with Crippen LogP contribution in [0.4, 0.5) is 20.2 Å². The molecule has 0 spiro atoms. The molecule has 2 saturated heterocycles. The summed E-state index contributed by atoms with van der Waals surface area (Å²) in [4.78, 5) is 14.0. The third-order valence-electron chi connectivity index (χ3n) is 7.26. The zero-order valence-corrected chi connectivity index (χ0v) is 20.0. The molecule has 3 heterocycles. The van der Waals surface area contributed by atoms with Crippen molar-refractivity contribution in [1.82, 2.24) is 4.90 Å². The lowest BCUT2D eigenvalue weighted by molar-refractivity contribution is -0.384. The van der Waals surface area contributed by atoms with Gasteiger partial charge in [0.25, 0.3) is 5.69 Å². The monoisotopic (exact) mass is 505 g/mol. The van der Waals surface area contributed by atoms with E-state index in [4.69, 9.17) is 9.47 Å². The Kier molecular flexibility index (Phi) is 6.10. The van der Waals surface area contributed by atoms with Crippen molar-refractivity contribution in [3.8, 4) is 5.75 Å². The van der Waals surface area contributed by atoms with Gasteiger partial charge >= 0.3 is 0 Å². The minimum atomic E-state index is -0.467. The van der Waals surface area contributed by atoms with E-state index in [-0.39, 0.29) is 24.1 Å². The highest BCUT2D eigenvalue weighted by molar-refractivity contribution is 5.95. The highest BCUT2D eigenvalue weighted by atomic mass is 19.1. The summed E-state index contributed by atoms with van der Waals surface area (Å²) in [6, 6.07) is 14.3. The van der Waals surface area contributed by atoms with Crippen LogP contribution in [0, 0.1) is 21.7 Å². The van der Waals surface area contributed by atoms with Crippen LogP contribution in [0.15, 0.2) is 54.6 Å².